The standard InChI is InChI=1S/C24H26ClFN4O5/c1-15(31)27-21-8-17(25)4-7-22(21)35-14-23(32)30-19-10-28(9-16-2-5-18(26)6-3-16)11-20(30)13-29(12-19)24(33)34/h2-8,19-20H,9-14H2,1H3,(H,27,31)(H,33,34). The average molecular weight is 505 g/mol. The Kier molecular flexibility index (Phi) is 7.42. The lowest BCUT2D eigenvalue weighted by atomic mass is 9.99. The average Bonchev–Trinajstić information content (AvgIpc) is 2.78. The molecule has 35 heavy (non-hydrogen) atoms. The Balaban J connectivity index is 1.46. The molecule has 2 aliphatic rings. The summed E-state index contributed by atoms with van der Waals surface area (Å²) in [6, 6.07) is 10.3. The molecule has 3 amide bonds. The van der Waals surface area contributed by atoms with Crippen LogP contribution >= 0.6 is 11.6 Å². The van der Waals surface area contributed by atoms with Crippen LogP contribution in [-0.2, 0) is 16.1 Å². The second-order valence-corrected chi connectivity index (χ2v) is 9.16. The molecule has 4 rings (SSSR count). The summed E-state index contributed by atoms with van der Waals surface area (Å²) in [4.78, 5) is 41.6. The summed E-state index contributed by atoms with van der Waals surface area (Å²) in [5, 5.41) is 12.6. The molecule has 2 aromatic carbocycles. The number of rotatable bonds is 6. The highest BCUT2D eigenvalue weighted by atomic mass is 35.5. The Morgan fingerprint density at radius 2 is 1.74 bits per heavy atom. The van der Waals surface area contributed by atoms with Crippen LogP contribution in [-0.4, -0.2) is 82.6 Å². The number of carboxylic acid groups (broad SMARTS) is 1. The van der Waals surface area contributed by atoms with Crippen LogP contribution in [0.4, 0.5) is 14.9 Å². The molecule has 2 aromatic rings. The topological polar surface area (TPSA) is 102 Å². The van der Waals surface area contributed by atoms with E-state index in [2.05, 4.69) is 10.2 Å². The number of halogens is 2. The zero-order chi connectivity index (χ0) is 25.1. The Morgan fingerprint density at radius 3 is 2.34 bits per heavy atom. The van der Waals surface area contributed by atoms with E-state index in [0.717, 1.165) is 5.56 Å². The Hall–Kier alpha value is -3.37. The van der Waals surface area contributed by atoms with Gasteiger partial charge in [-0.3, -0.25) is 14.5 Å². The van der Waals surface area contributed by atoms with Crippen molar-refractivity contribution in [1.82, 2.24) is 14.7 Å². The molecule has 2 unspecified atom stereocenters. The fourth-order valence-electron chi connectivity index (χ4n) is 4.69. The van der Waals surface area contributed by atoms with Gasteiger partial charge in [0.15, 0.2) is 6.61 Å². The van der Waals surface area contributed by atoms with E-state index in [0.29, 0.717) is 36.1 Å². The van der Waals surface area contributed by atoms with E-state index in [1.54, 1.807) is 29.2 Å². The number of piperazine rings is 2. The first-order chi connectivity index (χ1) is 16.7. The molecule has 2 atom stereocenters. The van der Waals surface area contributed by atoms with Crippen molar-refractivity contribution in [1.29, 1.82) is 0 Å². The molecule has 2 heterocycles. The predicted octanol–water partition coefficient (Wildman–Crippen LogP) is 2.89. The van der Waals surface area contributed by atoms with Crippen molar-refractivity contribution in [3.63, 3.8) is 0 Å². The third-order valence-corrected chi connectivity index (χ3v) is 6.30. The molecule has 2 bridgehead atoms. The summed E-state index contributed by atoms with van der Waals surface area (Å²) in [7, 11) is 0. The van der Waals surface area contributed by atoms with Crippen LogP contribution in [0, 0.1) is 5.82 Å². The first kappa shape index (κ1) is 24.7. The lowest BCUT2D eigenvalue weighted by Gasteiger charge is -2.52. The number of nitrogens with one attached hydrogen (secondary N) is 1. The number of hydrogen-bond acceptors (Lipinski definition) is 5. The number of fused-ring (bicyclic) bond motifs is 2. The van der Waals surface area contributed by atoms with Crippen molar-refractivity contribution in [2.24, 2.45) is 0 Å². The molecule has 0 saturated carbocycles. The lowest BCUT2D eigenvalue weighted by molar-refractivity contribution is -0.147. The van der Waals surface area contributed by atoms with Crippen molar-refractivity contribution in [2.75, 3.05) is 38.1 Å². The summed E-state index contributed by atoms with van der Waals surface area (Å²) >= 11 is 6.01. The third kappa shape index (κ3) is 6.01. The number of ether oxygens (including phenoxy) is 1. The van der Waals surface area contributed by atoms with E-state index >= 15 is 0 Å². The van der Waals surface area contributed by atoms with Gasteiger partial charge in [0.1, 0.15) is 11.6 Å². The van der Waals surface area contributed by atoms with Gasteiger partial charge in [-0.05, 0) is 35.9 Å². The van der Waals surface area contributed by atoms with Crippen molar-refractivity contribution in [3.05, 3.63) is 58.9 Å². The summed E-state index contributed by atoms with van der Waals surface area (Å²) in [6.07, 6.45) is -1.02. The van der Waals surface area contributed by atoms with Gasteiger partial charge in [-0.15, -0.1) is 0 Å². The van der Waals surface area contributed by atoms with Crippen LogP contribution in [0.2, 0.25) is 5.02 Å². The van der Waals surface area contributed by atoms with E-state index in [9.17, 15) is 23.9 Å². The Labute approximate surface area is 207 Å². The van der Waals surface area contributed by atoms with Gasteiger partial charge in [0.25, 0.3) is 5.91 Å². The van der Waals surface area contributed by atoms with Crippen LogP contribution in [0.5, 0.6) is 5.75 Å². The van der Waals surface area contributed by atoms with Crippen LogP contribution in [0.15, 0.2) is 42.5 Å². The van der Waals surface area contributed by atoms with Crippen LogP contribution in [0.3, 0.4) is 0 Å². The third-order valence-electron chi connectivity index (χ3n) is 6.07. The SMILES string of the molecule is CC(=O)Nc1cc(Cl)ccc1OCC(=O)N1C2CN(Cc3ccc(F)cc3)CC1CN(C(=O)O)C2. The normalized spacial score (nSPS) is 19.9. The number of carbonyl (C=O) groups excluding carboxylic acids is 2. The molecule has 2 N–H and O–H groups in total. The van der Waals surface area contributed by atoms with Crippen molar-refractivity contribution >= 4 is 35.2 Å². The highest BCUT2D eigenvalue weighted by Gasteiger charge is 2.44. The van der Waals surface area contributed by atoms with Gasteiger partial charge in [0.2, 0.25) is 5.91 Å². The first-order valence-electron chi connectivity index (χ1n) is 11.2. The monoisotopic (exact) mass is 504 g/mol. The van der Waals surface area contributed by atoms with Crippen LogP contribution < -0.4 is 10.1 Å². The second-order valence-electron chi connectivity index (χ2n) is 8.73. The highest BCUT2D eigenvalue weighted by molar-refractivity contribution is 6.31. The maximum atomic E-state index is 13.3. The first-order valence-corrected chi connectivity index (χ1v) is 11.5. The fraction of sp³-hybridized carbons (Fsp3) is 0.375. The summed E-state index contributed by atoms with van der Waals surface area (Å²) < 4.78 is 19.0. The largest absolute Gasteiger partial charge is 0.482 e. The highest BCUT2D eigenvalue weighted by Crippen LogP contribution is 2.29. The zero-order valence-corrected chi connectivity index (χ0v) is 19.9. The van der Waals surface area contributed by atoms with Gasteiger partial charge in [0, 0.05) is 44.7 Å². The van der Waals surface area contributed by atoms with Gasteiger partial charge in [0.05, 0.1) is 17.8 Å². The van der Waals surface area contributed by atoms with Gasteiger partial charge in [-0.25, -0.2) is 9.18 Å². The number of carbonyl (C=O) groups is 3. The molecule has 0 aliphatic carbocycles. The summed E-state index contributed by atoms with van der Waals surface area (Å²) in [5.41, 5.74) is 1.30. The fourth-order valence-corrected chi connectivity index (χ4v) is 4.86. The molecule has 9 nitrogen and oxygen atoms in total. The van der Waals surface area contributed by atoms with Gasteiger partial charge < -0.3 is 25.0 Å². The van der Waals surface area contributed by atoms with Crippen molar-refractivity contribution < 1.29 is 28.6 Å². The minimum atomic E-state index is -1.02. The van der Waals surface area contributed by atoms with Crippen LogP contribution in [0.1, 0.15) is 12.5 Å². The van der Waals surface area contributed by atoms with Crippen molar-refractivity contribution in [3.8, 4) is 5.75 Å². The quantitative estimate of drug-likeness (QED) is 0.627. The minimum absolute atomic E-state index is 0.190. The Bertz CT molecular complexity index is 1100. The predicted molar refractivity (Wildman–Crippen MR) is 127 cm³/mol. The molecular formula is C24H26ClFN4O5. The van der Waals surface area contributed by atoms with Gasteiger partial charge >= 0.3 is 6.09 Å². The number of anilines is 1. The minimum Gasteiger partial charge on any atom is -0.482 e. The van der Waals surface area contributed by atoms with Gasteiger partial charge in [-0.2, -0.15) is 0 Å². The molecule has 2 saturated heterocycles. The molecule has 11 heteroatoms. The van der Waals surface area contributed by atoms with E-state index in [1.807, 2.05) is 0 Å². The number of hydrogen-bond donors (Lipinski definition) is 2. The second kappa shape index (κ2) is 10.5. The number of benzene rings is 2. The lowest BCUT2D eigenvalue weighted by Crippen LogP contribution is -2.70. The molecule has 2 aliphatic heterocycles. The molecule has 2 fully saturated rings. The molecule has 186 valence electrons. The van der Waals surface area contributed by atoms with E-state index < -0.39 is 6.09 Å². The number of amides is 3. The molecular weight excluding hydrogens is 479 g/mol. The van der Waals surface area contributed by atoms with E-state index in [4.69, 9.17) is 16.3 Å². The van der Waals surface area contributed by atoms with Gasteiger partial charge in [-0.1, -0.05) is 23.7 Å². The summed E-state index contributed by atoms with van der Waals surface area (Å²) in [6.45, 7) is 2.99. The van der Waals surface area contributed by atoms with Crippen LogP contribution in [0.25, 0.3) is 0 Å². The van der Waals surface area contributed by atoms with E-state index in [-0.39, 0.29) is 49.4 Å². The molecule has 0 radical (unpaired) electrons. The zero-order valence-electron chi connectivity index (χ0n) is 19.1. The Morgan fingerprint density at radius 1 is 1.09 bits per heavy atom. The maximum absolute atomic E-state index is 13.3. The number of nitrogens with zero attached hydrogens (tertiary/aromatic N) is 3. The molecule has 0 spiro atoms. The smallest absolute Gasteiger partial charge is 0.407 e. The molecule has 0 aromatic heterocycles. The summed E-state index contributed by atoms with van der Waals surface area (Å²) in [5.74, 6) is -0.565. The maximum Gasteiger partial charge on any atom is 0.407 e. The van der Waals surface area contributed by atoms with E-state index in [1.165, 1.54) is 30.0 Å². The van der Waals surface area contributed by atoms with Crippen molar-refractivity contribution in [2.45, 2.75) is 25.6 Å².